The molecule has 15 heavy (non-hydrogen) atoms. The maximum Gasteiger partial charge on any atom is 0.151 e. The number of aldehydes is 1. The number of hydrogen-bond acceptors (Lipinski definition) is 3. The first kappa shape index (κ1) is 9.94. The van der Waals surface area contributed by atoms with Gasteiger partial charge in [-0.25, -0.2) is 0 Å². The zero-order valence-corrected chi connectivity index (χ0v) is 8.35. The van der Waals surface area contributed by atoms with E-state index in [-0.39, 0.29) is 6.10 Å². The predicted molar refractivity (Wildman–Crippen MR) is 53.5 cm³/mol. The predicted octanol–water partition coefficient (Wildman–Crippen LogP) is 1.35. The number of nitriles is 1. The maximum absolute atomic E-state index is 10.6. The average molecular weight is 204 g/mol. The van der Waals surface area contributed by atoms with Gasteiger partial charge in [-0.05, 0) is 18.9 Å². The van der Waals surface area contributed by atoms with Crippen LogP contribution in [0.15, 0.2) is 12.3 Å². The molecular weight excluding hydrogens is 192 g/mol. The van der Waals surface area contributed by atoms with Crippen molar-refractivity contribution < 1.29 is 9.53 Å². The van der Waals surface area contributed by atoms with Gasteiger partial charge in [0, 0.05) is 24.9 Å². The highest BCUT2D eigenvalue weighted by molar-refractivity contribution is 5.75. The largest absolute Gasteiger partial charge is 0.376 e. The van der Waals surface area contributed by atoms with Gasteiger partial charge in [-0.15, -0.1) is 0 Å². The molecule has 2 heterocycles. The van der Waals surface area contributed by atoms with Crippen molar-refractivity contribution in [2.75, 3.05) is 6.61 Å². The molecule has 0 N–H and O–H groups in total. The van der Waals surface area contributed by atoms with Crippen molar-refractivity contribution in [1.82, 2.24) is 4.57 Å². The molecule has 1 aliphatic heterocycles. The Bertz CT molecular complexity index is 397. The first-order chi connectivity index (χ1) is 7.33. The lowest BCUT2D eigenvalue weighted by Crippen LogP contribution is -2.15. The van der Waals surface area contributed by atoms with E-state index in [0.717, 1.165) is 25.7 Å². The van der Waals surface area contributed by atoms with Crippen LogP contribution in [0.25, 0.3) is 0 Å². The number of carbonyl (C=O) groups excluding carboxylic acids is 1. The summed E-state index contributed by atoms with van der Waals surface area (Å²) >= 11 is 0. The third kappa shape index (κ3) is 2.08. The minimum atomic E-state index is 0.184. The Balaban J connectivity index is 2.15. The van der Waals surface area contributed by atoms with Crippen LogP contribution in [0.2, 0.25) is 0 Å². The fourth-order valence-corrected chi connectivity index (χ4v) is 1.85. The summed E-state index contributed by atoms with van der Waals surface area (Å²) in [6.07, 6.45) is 4.75. The molecule has 1 fully saturated rings. The topological polar surface area (TPSA) is 55.0 Å². The molecule has 0 spiro atoms. The Morgan fingerprint density at radius 2 is 2.60 bits per heavy atom. The van der Waals surface area contributed by atoms with Gasteiger partial charge in [-0.1, -0.05) is 0 Å². The summed E-state index contributed by atoms with van der Waals surface area (Å²) < 4.78 is 7.27. The molecule has 0 saturated carbocycles. The number of nitrogens with zero attached hydrogens (tertiary/aromatic N) is 2. The van der Waals surface area contributed by atoms with Crippen LogP contribution in [-0.4, -0.2) is 23.6 Å². The molecule has 0 radical (unpaired) electrons. The standard InChI is InChI=1S/C11H12N2O2/c12-5-10-4-9(8-14)6-13(10)7-11-2-1-3-15-11/h4,6,8,11H,1-3,7H2. The van der Waals surface area contributed by atoms with Crippen molar-refractivity contribution in [2.45, 2.75) is 25.5 Å². The molecule has 0 bridgehead atoms. The highest BCUT2D eigenvalue weighted by Gasteiger charge is 2.17. The second kappa shape index (κ2) is 4.28. The molecule has 4 nitrogen and oxygen atoms in total. The minimum Gasteiger partial charge on any atom is -0.376 e. The number of ether oxygens (including phenoxy) is 1. The normalized spacial score (nSPS) is 20.1. The van der Waals surface area contributed by atoms with E-state index in [1.807, 2.05) is 0 Å². The highest BCUT2D eigenvalue weighted by Crippen LogP contribution is 2.16. The summed E-state index contributed by atoms with van der Waals surface area (Å²) in [4.78, 5) is 10.6. The van der Waals surface area contributed by atoms with Gasteiger partial charge in [-0.3, -0.25) is 4.79 Å². The van der Waals surface area contributed by atoms with Gasteiger partial charge in [0.1, 0.15) is 11.8 Å². The smallest absolute Gasteiger partial charge is 0.151 e. The van der Waals surface area contributed by atoms with Crippen molar-refractivity contribution in [3.63, 3.8) is 0 Å². The first-order valence-electron chi connectivity index (χ1n) is 5.00. The Morgan fingerprint density at radius 3 is 3.20 bits per heavy atom. The summed E-state index contributed by atoms with van der Waals surface area (Å²) in [7, 11) is 0. The molecule has 1 saturated heterocycles. The van der Waals surface area contributed by atoms with Crippen LogP contribution in [0.4, 0.5) is 0 Å². The first-order valence-corrected chi connectivity index (χ1v) is 5.00. The molecular formula is C11H12N2O2. The Labute approximate surface area is 88.1 Å². The number of hydrogen-bond donors (Lipinski definition) is 0. The van der Waals surface area contributed by atoms with Crippen molar-refractivity contribution in [3.05, 3.63) is 23.5 Å². The average Bonchev–Trinajstić information content (AvgIpc) is 2.87. The van der Waals surface area contributed by atoms with Gasteiger partial charge < -0.3 is 9.30 Å². The minimum absolute atomic E-state index is 0.184. The van der Waals surface area contributed by atoms with E-state index in [1.54, 1.807) is 16.8 Å². The lowest BCUT2D eigenvalue weighted by atomic mass is 10.2. The van der Waals surface area contributed by atoms with Gasteiger partial charge >= 0.3 is 0 Å². The van der Waals surface area contributed by atoms with Crippen LogP contribution < -0.4 is 0 Å². The molecule has 2 rings (SSSR count). The zero-order chi connectivity index (χ0) is 10.7. The fraction of sp³-hybridized carbons (Fsp3) is 0.455. The van der Waals surface area contributed by atoms with E-state index >= 15 is 0 Å². The molecule has 78 valence electrons. The molecule has 0 amide bonds. The lowest BCUT2D eigenvalue weighted by molar-refractivity contribution is 0.0968. The van der Waals surface area contributed by atoms with Crippen molar-refractivity contribution in [1.29, 1.82) is 5.26 Å². The Hall–Kier alpha value is -1.60. The van der Waals surface area contributed by atoms with E-state index in [0.29, 0.717) is 17.8 Å². The Kier molecular flexibility index (Phi) is 2.84. The molecule has 1 aliphatic rings. The zero-order valence-electron chi connectivity index (χ0n) is 8.35. The fourth-order valence-electron chi connectivity index (χ4n) is 1.85. The van der Waals surface area contributed by atoms with E-state index in [4.69, 9.17) is 10.00 Å². The van der Waals surface area contributed by atoms with E-state index < -0.39 is 0 Å². The van der Waals surface area contributed by atoms with Gasteiger partial charge in [-0.2, -0.15) is 5.26 Å². The van der Waals surface area contributed by atoms with Crippen LogP contribution in [0.5, 0.6) is 0 Å². The third-order valence-corrected chi connectivity index (χ3v) is 2.59. The third-order valence-electron chi connectivity index (χ3n) is 2.59. The molecule has 0 aliphatic carbocycles. The van der Waals surface area contributed by atoms with E-state index in [1.165, 1.54) is 0 Å². The second-order valence-electron chi connectivity index (χ2n) is 3.68. The second-order valence-corrected chi connectivity index (χ2v) is 3.68. The number of rotatable bonds is 3. The van der Waals surface area contributed by atoms with Gasteiger partial charge in [0.15, 0.2) is 6.29 Å². The summed E-state index contributed by atoms with van der Waals surface area (Å²) in [5.41, 5.74) is 1.07. The van der Waals surface area contributed by atoms with E-state index in [9.17, 15) is 4.79 Å². The van der Waals surface area contributed by atoms with Crippen molar-refractivity contribution in [2.24, 2.45) is 0 Å². The lowest BCUT2D eigenvalue weighted by Gasteiger charge is -2.10. The highest BCUT2D eigenvalue weighted by atomic mass is 16.5. The van der Waals surface area contributed by atoms with Gasteiger partial charge in [0.25, 0.3) is 0 Å². The molecule has 0 aromatic carbocycles. The van der Waals surface area contributed by atoms with E-state index in [2.05, 4.69) is 6.07 Å². The molecule has 4 heteroatoms. The summed E-state index contributed by atoms with van der Waals surface area (Å²) in [5.74, 6) is 0. The van der Waals surface area contributed by atoms with Gasteiger partial charge in [0.05, 0.1) is 6.10 Å². The molecule has 1 aromatic rings. The Morgan fingerprint density at radius 1 is 1.73 bits per heavy atom. The van der Waals surface area contributed by atoms with Crippen molar-refractivity contribution >= 4 is 6.29 Å². The SMILES string of the molecule is N#Cc1cc(C=O)cn1CC1CCCO1. The number of carbonyl (C=O) groups is 1. The molecule has 1 aromatic heterocycles. The van der Waals surface area contributed by atoms with Crippen LogP contribution in [0.1, 0.15) is 28.9 Å². The van der Waals surface area contributed by atoms with Crippen molar-refractivity contribution in [3.8, 4) is 6.07 Å². The monoisotopic (exact) mass is 204 g/mol. The van der Waals surface area contributed by atoms with Crippen LogP contribution in [-0.2, 0) is 11.3 Å². The maximum atomic E-state index is 10.6. The van der Waals surface area contributed by atoms with Gasteiger partial charge in [0.2, 0.25) is 0 Å². The van der Waals surface area contributed by atoms with Crippen LogP contribution >= 0.6 is 0 Å². The quantitative estimate of drug-likeness (QED) is 0.698. The van der Waals surface area contributed by atoms with Crippen LogP contribution in [0.3, 0.4) is 0 Å². The summed E-state index contributed by atoms with van der Waals surface area (Å²) in [5, 5.41) is 8.87. The summed E-state index contributed by atoms with van der Waals surface area (Å²) in [6.45, 7) is 1.46. The summed E-state index contributed by atoms with van der Waals surface area (Å²) in [6, 6.07) is 3.67. The molecule has 1 unspecified atom stereocenters. The number of aromatic nitrogens is 1. The molecule has 1 atom stereocenters. The van der Waals surface area contributed by atoms with Crippen LogP contribution in [0, 0.1) is 11.3 Å².